The minimum atomic E-state index is -6.05. The summed E-state index contributed by atoms with van der Waals surface area (Å²) in [5.74, 6) is -0.608. The van der Waals surface area contributed by atoms with E-state index in [0.717, 1.165) is 18.2 Å². The quantitative estimate of drug-likeness (QED) is 0.0958. The van der Waals surface area contributed by atoms with Crippen molar-refractivity contribution in [2.75, 3.05) is 6.61 Å². The smallest absolute Gasteiger partial charge is 0.726 e. The first-order valence-electron chi connectivity index (χ1n) is 9.45. The predicted octanol–water partition coefficient (Wildman–Crippen LogP) is -19.2. The van der Waals surface area contributed by atoms with Crippen molar-refractivity contribution in [2.24, 2.45) is 0 Å². The standard InChI is InChI=1S/C13H18O22S5.5Na/c14-36(15,16)29-5-7-3-1-2-4-8(7)31-13-12(35-40(26,27)28)11(34-39(23,24)25)10(33-38(20,21)22)9(32-13)6-30-37(17,18)19;;;;;/h1-4,9-13H,5-6H2,(H,14,15,16)(H,17,18,19)(H,20,21,22)(H,23,24,25)(H,26,27,28);;;;;/q;5*+1/p-5/t9-,10-,11+,12-,13-;;;;;/m1...../s1. The largest absolute Gasteiger partial charge is 1.00 e. The zero-order valence-electron chi connectivity index (χ0n) is 23.6. The van der Waals surface area contributed by atoms with Gasteiger partial charge in [-0.25, -0.2) is 42.1 Å². The molecule has 1 heterocycles. The summed E-state index contributed by atoms with van der Waals surface area (Å²) in [5, 5.41) is 0. The summed E-state index contributed by atoms with van der Waals surface area (Å²) in [5.41, 5.74) is -0.349. The number of hydrogen-bond acceptors (Lipinski definition) is 22. The molecule has 0 saturated carbocycles. The van der Waals surface area contributed by atoms with Gasteiger partial charge >= 0.3 is 148 Å². The van der Waals surface area contributed by atoms with Gasteiger partial charge in [0.25, 0.3) is 0 Å². The fourth-order valence-electron chi connectivity index (χ4n) is 2.99. The van der Waals surface area contributed by atoms with E-state index >= 15 is 0 Å². The third-order valence-electron chi connectivity index (χ3n) is 4.23. The van der Waals surface area contributed by atoms with Gasteiger partial charge in [0.1, 0.15) is 24.1 Å². The molecule has 0 N–H and O–H groups in total. The minimum absolute atomic E-state index is 0. The molecular formula is C13H13Na5O22S5. The Morgan fingerprint density at radius 1 is 0.578 bits per heavy atom. The molecule has 45 heavy (non-hydrogen) atoms. The summed E-state index contributed by atoms with van der Waals surface area (Å²) in [4.78, 5) is 0. The zero-order chi connectivity index (χ0) is 30.7. The van der Waals surface area contributed by atoms with E-state index in [4.69, 9.17) is 9.47 Å². The van der Waals surface area contributed by atoms with Gasteiger partial charge in [0, 0.05) is 5.56 Å². The molecule has 232 valence electrons. The topological polar surface area (TPSA) is 351 Å². The molecule has 5 atom stereocenters. The average molecular weight is 797 g/mol. The molecule has 1 aromatic rings. The molecule has 1 aromatic carbocycles. The predicted molar refractivity (Wildman–Crippen MR) is 110 cm³/mol. The zero-order valence-corrected chi connectivity index (χ0v) is 37.7. The Morgan fingerprint density at radius 3 is 1.44 bits per heavy atom. The summed E-state index contributed by atoms with van der Waals surface area (Å²) in [6.45, 7) is -2.70. The molecule has 22 nitrogen and oxygen atoms in total. The third-order valence-corrected chi connectivity index (χ3v) is 6.43. The summed E-state index contributed by atoms with van der Waals surface area (Å²) < 4.78 is 197. The summed E-state index contributed by atoms with van der Waals surface area (Å²) in [6, 6.07) is 4.36. The number of para-hydroxylation sites is 1. The van der Waals surface area contributed by atoms with Crippen LogP contribution in [0.4, 0.5) is 0 Å². The Morgan fingerprint density at radius 2 is 1.00 bits per heavy atom. The van der Waals surface area contributed by atoms with E-state index in [0.29, 0.717) is 0 Å². The second kappa shape index (κ2) is 22.4. The van der Waals surface area contributed by atoms with E-state index in [1.807, 2.05) is 0 Å². The second-order valence-electron chi connectivity index (χ2n) is 7.04. The van der Waals surface area contributed by atoms with E-state index in [2.05, 4.69) is 20.9 Å². The summed E-state index contributed by atoms with van der Waals surface area (Å²) in [6.07, 6.45) is -13.8. The Balaban J connectivity index is -0.00000168. The van der Waals surface area contributed by atoms with Gasteiger partial charge in [-0.3, -0.25) is 20.9 Å². The number of ether oxygens (including phenoxy) is 2. The molecule has 0 amide bonds. The van der Waals surface area contributed by atoms with Crippen LogP contribution in [0.2, 0.25) is 0 Å². The molecule has 0 radical (unpaired) electrons. The second-order valence-corrected chi connectivity index (χ2v) is 12.2. The van der Waals surface area contributed by atoms with Gasteiger partial charge in [0.05, 0.1) is 13.2 Å². The molecule has 1 aliphatic rings. The van der Waals surface area contributed by atoms with Crippen LogP contribution in [0.1, 0.15) is 5.56 Å². The van der Waals surface area contributed by atoms with Crippen LogP contribution < -0.4 is 153 Å². The van der Waals surface area contributed by atoms with E-state index < -0.39 is 102 Å². The van der Waals surface area contributed by atoms with Crippen molar-refractivity contribution in [3.05, 3.63) is 29.8 Å². The first-order valence-corrected chi connectivity index (χ1v) is 16.1. The van der Waals surface area contributed by atoms with Gasteiger partial charge in [-0.15, -0.1) is 0 Å². The molecule has 0 unspecified atom stereocenters. The normalized spacial score (nSPS) is 22.2. The van der Waals surface area contributed by atoms with Crippen LogP contribution in [-0.2, 0) is 84.3 Å². The molecule has 0 spiro atoms. The van der Waals surface area contributed by atoms with Gasteiger partial charge in [0.15, 0.2) is 6.10 Å². The first-order chi connectivity index (χ1) is 17.9. The molecule has 32 heteroatoms. The van der Waals surface area contributed by atoms with Crippen LogP contribution in [0.15, 0.2) is 24.3 Å². The van der Waals surface area contributed by atoms with E-state index in [1.165, 1.54) is 6.07 Å². The molecule has 1 fully saturated rings. The van der Waals surface area contributed by atoms with Crippen molar-refractivity contribution in [3.63, 3.8) is 0 Å². The van der Waals surface area contributed by atoms with Gasteiger partial charge in [-0.1, -0.05) is 18.2 Å². The Labute approximate surface area is 368 Å². The molecule has 2 rings (SSSR count). The molecule has 1 saturated heterocycles. The maximum absolute atomic E-state index is 11.4. The summed E-state index contributed by atoms with van der Waals surface area (Å²) in [7, 11) is -29.0. The minimum Gasteiger partial charge on any atom is -0.726 e. The van der Waals surface area contributed by atoms with E-state index in [-0.39, 0.29) is 153 Å². The number of benzene rings is 1. The van der Waals surface area contributed by atoms with Crippen molar-refractivity contribution < 1.29 is 243 Å². The number of hydrogen-bond donors (Lipinski definition) is 0. The van der Waals surface area contributed by atoms with Crippen molar-refractivity contribution >= 4 is 52.0 Å². The van der Waals surface area contributed by atoms with Crippen molar-refractivity contribution in [3.8, 4) is 5.75 Å². The SMILES string of the molecule is O=S(=O)([O-])OCc1ccccc1O[C@@H]1O[C@H](COS(=O)(=O)[O-])[C@@H](OS(=O)(=O)[O-])[C@H](OS(=O)(=O)[O-])[C@H]1OS(=O)(=O)[O-].[Na+].[Na+].[Na+].[Na+].[Na+]. The van der Waals surface area contributed by atoms with Crippen LogP contribution in [0.3, 0.4) is 0 Å². The maximum Gasteiger partial charge on any atom is 1.00 e. The molecule has 0 bridgehead atoms. The Bertz CT molecular complexity index is 1600. The van der Waals surface area contributed by atoms with Crippen LogP contribution in [-0.4, -0.2) is 102 Å². The fraction of sp³-hybridized carbons (Fsp3) is 0.538. The van der Waals surface area contributed by atoms with Gasteiger partial charge in [-0.05, 0) is 6.07 Å². The van der Waals surface area contributed by atoms with Gasteiger partial charge in [0.2, 0.25) is 58.3 Å². The average Bonchev–Trinajstić information content (AvgIpc) is 2.72. The molecular weight excluding hydrogens is 783 g/mol. The van der Waals surface area contributed by atoms with Crippen LogP contribution in [0, 0.1) is 0 Å². The Hall–Kier alpha value is 3.33. The molecule has 0 aliphatic carbocycles. The van der Waals surface area contributed by atoms with Gasteiger partial charge in [-0.2, -0.15) is 0 Å². The summed E-state index contributed by atoms with van der Waals surface area (Å²) >= 11 is 0. The number of rotatable bonds is 14. The van der Waals surface area contributed by atoms with E-state index in [9.17, 15) is 64.9 Å². The van der Waals surface area contributed by atoms with Crippen molar-refractivity contribution in [2.45, 2.75) is 37.3 Å². The van der Waals surface area contributed by atoms with Crippen LogP contribution >= 0.6 is 0 Å². The van der Waals surface area contributed by atoms with Gasteiger partial charge < -0.3 is 32.2 Å². The van der Waals surface area contributed by atoms with E-state index in [1.54, 1.807) is 0 Å². The fourth-order valence-corrected chi connectivity index (χ4v) is 5.03. The monoisotopic (exact) mass is 796 g/mol. The molecule has 1 aliphatic heterocycles. The van der Waals surface area contributed by atoms with Crippen molar-refractivity contribution in [1.82, 2.24) is 0 Å². The first kappa shape index (κ1) is 55.1. The third kappa shape index (κ3) is 22.8. The maximum atomic E-state index is 11.4. The molecule has 0 aromatic heterocycles. The van der Waals surface area contributed by atoms with Crippen LogP contribution in [0.25, 0.3) is 0 Å². The van der Waals surface area contributed by atoms with Crippen molar-refractivity contribution in [1.29, 1.82) is 0 Å². The van der Waals surface area contributed by atoms with Crippen LogP contribution in [0.5, 0.6) is 5.75 Å². The Kier molecular flexibility index (Phi) is 27.4.